The van der Waals surface area contributed by atoms with E-state index >= 15 is 0 Å². The molecule has 2 aromatic rings. The van der Waals surface area contributed by atoms with Gasteiger partial charge >= 0.3 is 0 Å². The quantitative estimate of drug-likeness (QED) is 0.682. The van der Waals surface area contributed by atoms with Crippen LogP contribution in [0.15, 0.2) is 22.8 Å². The summed E-state index contributed by atoms with van der Waals surface area (Å²) >= 11 is 11.6. The first-order chi connectivity index (χ1) is 5.68. The van der Waals surface area contributed by atoms with E-state index in [0.29, 0.717) is 0 Å². The molecular weight excluding hydrogens is 352 g/mol. The second kappa shape index (κ2) is 3.20. The second-order valence-corrected chi connectivity index (χ2v) is 4.87. The number of fused-ring (bicyclic) bond motifs is 1. The molecular formula is C8H4BrClIN. The smallest absolute Gasteiger partial charge is 0.0555 e. The van der Waals surface area contributed by atoms with E-state index in [1.807, 2.05) is 18.3 Å². The summed E-state index contributed by atoms with van der Waals surface area (Å²) in [6.07, 6.45) is 1.97. The summed E-state index contributed by atoms with van der Waals surface area (Å²) in [5.74, 6) is 0. The van der Waals surface area contributed by atoms with E-state index < -0.39 is 0 Å². The molecule has 1 nitrogen and oxygen atoms in total. The average Bonchev–Trinajstić information content (AvgIpc) is 2.35. The van der Waals surface area contributed by atoms with Crippen LogP contribution in [0.2, 0.25) is 5.02 Å². The SMILES string of the molecule is Clc1cc2c(I)c[nH]c2cc1Br. The highest BCUT2D eigenvalue weighted by Crippen LogP contribution is 2.29. The van der Waals surface area contributed by atoms with E-state index in [4.69, 9.17) is 11.6 Å². The van der Waals surface area contributed by atoms with Gasteiger partial charge in [0.05, 0.1) is 5.02 Å². The normalized spacial score (nSPS) is 10.9. The molecule has 12 heavy (non-hydrogen) atoms. The van der Waals surface area contributed by atoms with Crippen molar-refractivity contribution >= 4 is 61.0 Å². The van der Waals surface area contributed by atoms with E-state index in [0.717, 1.165) is 15.0 Å². The fourth-order valence-electron chi connectivity index (χ4n) is 1.08. The average molecular weight is 356 g/mol. The molecule has 0 bridgehead atoms. The molecule has 1 heterocycles. The highest BCUT2D eigenvalue weighted by Gasteiger charge is 2.04. The highest BCUT2D eigenvalue weighted by molar-refractivity contribution is 14.1. The number of benzene rings is 1. The van der Waals surface area contributed by atoms with Crippen LogP contribution in [-0.2, 0) is 0 Å². The van der Waals surface area contributed by atoms with Crippen LogP contribution in [0.3, 0.4) is 0 Å². The summed E-state index contributed by atoms with van der Waals surface area (Å²) in [7, 11) is 0. The van der Waals surface area contributed by atoms with Crippen molar-refractivity contribution in [3.05, 3.63) is 31.4 Å². The largest absolute Gasteiger partial charge is 0.360 e. The molecule has 0 spiro atoms. The third-order valence-electron chi connectivity index (χ3n) is 1.67. The summed E-state index contributed by atoms with van der Waals surface area (Å²) < 4.78 is 2.12. The molecule has 1 aromatic heterocycles. The van der Waals surface area contributed by atoms with Gasteiger partial charge < -0.3 is 4.98 Å². The van der Waals surface area contributed by atoms with E-state index in [-0.39, 0.29) is 0 Å². The third kappa shape index (κ3) is 1.38. The van der Waals surface area contributed by atoms with Gasteiger partial charge in [-0.25, -0.2) is 0 Å². The highest BCUT2D eigenvalue weighted by atomic mass is 127. The molecule has 0 saturated carbocycles. The summed E-state index contributed by atoms with van der Waals surface area (Å²) in [6.45, 7) is 0. The number of hydrogen-bond acceptors (Lipinski definition) is 0. The van der Waals surface area contributed by atoms with E-state index in [1.165, 1.54) is 8.96 Å². The maximum absolute atomic E-state index is 5.95. The van der Waals surface area contributed by atoms with E-state index in [1.54, 1.807) is 0 Å². The molecule has 0 radical (unpaired) electrons. The van der Waals surface area contributed by atoms with Crippen molar-refractivity contribution < 1.29 is 0 Å². The Kier molecular flexibility index (Phi) is 2.35. The Hall–Kier alpha value is 0.260. The third-order valence-corrected chi connectivity index (χ3v) is 3.76. The first kappa shape index (κ1) is 8.84. The maximum Gasteiger partial charge on any atom is 0.0555 e. The fourth-order valence-corrected chi connectivity index (χ4v) is 2.19. The van der Waals surface area contributed by atoms with Gasteiger partial charge in [0.25, 0.3) is 0 Å². The van der Waals surface area contributed by atoms with Crippen LogP contribution >= 0.6 is 50.1 Å². The number of halogens is 3. The molecule has 0 fully saturated rings. The van der Waals surface area contributed by atoms with Gasteiger partial charge in [0.15, 0.2) is 0 Å². The minimum Gasteiger partial charge on any atom is -0.360 e. The van der Waals surface area contributed by atoms with Crippen molar-refractivity contribution in [1.29, 1.82) is 0 Å². The van der Waals surface area contributed by atoms with Crippen LogP contribution in [0.25, 0.3) is 10.9 Å². The predicted molar refractivity (Wildman–Crippen MR) is 63.7 cm³/mol. The molecule has 0 aliphatic heterocycles. The van der Waals surface area contributed by atoms with E-state index in [2.05, 4.69) is 43.5 Å². The monoisotopic (exact) mass is 355 g/mol. The predicted octanol–water partition coefficient (Wildman–Crippen LogP) is 4.19. The number of hydrogen-bond donors (Lipinski definition) is 1. The zero-order valence-corrected chi connectivity index (χ0v) is 10.4. The number of aromatic nitrogens is 1. The second-order valence-electron chi connectivity index (χ2n) is 2.45. The van der Waals surface area contributed by atoms with Crippen LogP contribution in [0, 0.1) is 3.57 Å². The first-order valence-electron chi connectivity index (χ1n) is 3.30. The van der Waals surface area contributed by atoms with Gasteiger partial charge in [-0.1, -0.05) is 11.6 Å². The molecule has 0 atom stereocenters. The molecule has 1 aromatic carbocycles. The zero-order valence-electron chi connectivity index (χ0n) is 5.87. The molecule has 0 aliphatic carbocycles. The fraction of sp³-hybridized carbons (Fsp3) is 0. The molecule has 0 aliphatic rings. The van der Waals surface area contributed by atoms with Crippen molar-refractivity contribution in [2.75, 3.05) is 0 Å². The standard InChI is InChI=1S/C8H4BrClIN/c9-5-2-8-4(1-6(5)10)7(11)3-12-8/h1-3,12H. The van der Waals surface area contributed by atoms with Gasteiger partial charge in [-0.05, 0) is 50.7 Å². The minimum atomic E-state index is 0.750. The molecule has 0 amide bonds. The van der Waals surface area contributed by atoms with Gasteiger partial charge in [-0.3, -0.25) is 0 Å². The maximum atomic E-state index is 5.95. The Morgan fingerprint density at radius 2 is 2.17 bits per heavy atom. The van der Waals surface area contributed by atoms with Crippen molar-refractivity contribution in [2.24, 2.45) is 0 Å². The van der Waals surface area contributed by atoms with Crippen LogP contribution < -0.4 is 0 Å². The molecule has 2 rings (SSSR count). The first-order valence-corrected chi connectivity index (χ1v) is 5.55. The van der Waals surface area contributed by atoms with Gasteiger partial charge in [0.1, 0.15) is 0 Å². The van der Waals surface area contributed by atoms with E-state index in [9.17, 15) is 0 Å². The molecule has 1 N–H and O–H groups in total. The Morgan fingerprint density at radius 1 is 1.42 bits per heavy atom. The molecule has 4 heteroatoms. The Bertz CT molecular complexity index is 438. The van der Waals surface area contributed by atoms with Crippen molar-refractivity contribution in [1.82, 2.24) is 4.98 Å². The van der Waals surface area contributed by atoms with Gasteiger partial charge in [0, 0.05) is 25.1 Å². The molecule has 0 unspecified atom stereocenters. The van der Waals surface area contributed by atoms with Crippen molar-refractivity contribution in [3.63, 3.8) is 0 Å². The van der Waals surface area contributed by atoms with Gasteiger partial charge in [-0.15, -0.1) is 0 Å². The lowest BCUT2D eigenvalue weighted by molar-refractivity contribution is 1.46. The number of nitrogens with one attached hydrogen (secondary N) is 1. The zero-order chi connectivity index (χ0) is 8.72. The lowest BCUT2D eigenvalue weighted by Gasteiger charge is -1.95. The summed E-state index contributed by atoms with van der Waals surface area (Å²) in [5.41, 5.74) is 1.11. The van der Waals surface area contributed by atoms with Gasteiger partial charge in [-0.2, -0.15) is 0 Å². The van der Waals surface area contributed by atoms with Crippen LogP contribution in [0.1, 0.15) is 0 Å². The van der Waals surface area contributed by atoms with Gasteiger partial charge in [0.2, 0.25) is 0 Å². The van der Waals surface area contributed by atoms with Crippen LogP contribution in [-0.4, -0.2) is 4.98 Å². The summed E-state index contributed by atoms with van der Waals surface area (Å²) in [6, 6.07) is 3.94. The number of aromatic amines is 1. The van der Waals surface area contributed by atoms with Crippen LogP contribution in [0.4, 0.5) is 0 Å². The van der Waals surface area contributed by atoms with Crippen molar-refractivity contribution in [2.45, 2.75) is 0 Å². The Labute approximate surface area is 96.8 Å². The van der Waals surface area contributed by atoms with Crippen molar-refractivity contribution in [3.8, 4) is 0 Å². The number of H-pyrrole nitrogens is 1. The Balaban J connectivity index is 2.87. The lowest BCUT2D eigenvalue weighted by atomic mass is 10.2. The number of rotatable bonds is 0. The molecule has 62 valence electrons. The van der Waals surface area contributed by atoms with Crippen LogP contribution in [0.5, 0.6) is 0 Å². The Morgan fingerprint density at radius 3 is 2.92 bits per heavy atom. The lowest BCUT2D eigenvalue weighted by Crippen LogP contribution is -1.71. The topological polar surface area (TPSA) is 15.8 Å². The summed E-state index contributed by atoms with van der Waals surface area (Å²) in [5, 5.41) is 1.92. The summed E-state index contributed by atoms with van der Waals surface area (Å²) in [4.78, 5) is 3.16. The minimum absolute atomic E-state index is 0.750. The molecule has 0 saturated heterocycles.